The number of nitrogens with one attached hydrogen (secondary N) is 1. The Morgan fingerprint density at radius 2 is 2.00 bits per heavy atom. The molecule has 124 valence electrons. The summed E-state index contributed by atoms with van der Waals surface area (Å²) in [5.41, 5.74) is 0.0673. The number of rotatable bonds is 6. The minimum absolute atomic E-state index is 0.126. The van der Waals surface area contributed by atoms with E-state index in [2.05, 4.69) is 15.3 Å². The number of halogens is 2. The molecule has 0 amide bonds. The first-order valence-corrected chi connectivity index (χ1v) is 7.11. The Labute approximate surface area is 133 Å². The van der Waals surface area contributed by atoms with E-state index in [4.69, 9.17) is 5.11 Å². The fourth-order valence-electron chi connectivity index (χ4n) is 2.12. The van der Waals surface area contributed by atoms with Crippen LogP contribution in [-0.4, -0.2) is 32.4 Å². The quantitative estimate of drug-likeness (QED) is 0.762. The SMILES string of the molecule is Cc1cc(C[C@](C)(O)CO)nc(Nc2cc(C(F)F)ccn2)c1. The largest absolute Gasteiger partial charge is 0.393 e. The molecule has 2 rings (SSSR count). The molecule has 3 N–H and O–H groups in total. The van der Waals surface area contributed by atoms with Crippen molar-refractivity contribution in [1.29, 1.82) is 0 Å². The molecular weight excluding hydrogens is 304 g/mol. The number of anilines is 2. The molecular formula is C16H19F2N3O2. The van der Waals surface area contributed by atoms with E-state index in [1.165, 1.54) is 25.3 Å². The first-order valence-electron chi connectivity index (χ1n) is 7.11. The van der Waals surface area contributed by atoms with Gasteiger partial charge in [0.2, 0.25) is 0 Å². The molecule has 0 aliphatic rings. The molecule has 2 aromatic heterocycles. The number of hydrogen-bond donors (Lipinski definition) is 3. The fraction of sp³-hybridized carbons (Fsp3) is 0.375. The third kappa shape index (κ3) is 4.94. The predicted octanol–water partition coefficient (Wildman–Crippen LogP) is 2.75. The summed E-state index contributed by atoms with van der Waals surface area (Å²) in [5, 5.41) is 22.0. The van der Waals surface area contributed by atoms with E-state index in [1.54, 1.807) is 12.1 Å². The van der Waals surface area contributed by atoms with Crippen LogP contribution in [0.1, 0.15) is 30.2 Å². The Morgan fingerprint density at radius 3 is 2.65 bits per heavy atom. The standard InChI is InChI=1S/C16H19F2N3O2/c1-10-5-12(8-16(2,23)9-22)20-14(6-10)21-13-7-11(15(17)18)3-4-19-13/h3-7,15,22-23H,8-9H2,1-2H3,(H,19,20,21)/t16-/m0/s1. The fourth-order valence-corrected chi connectivity index (χ4v) is 2.12. The maximum Gasteiger partial charge on any atom is 0.264 e. The van der Waals surface area contributed by atoms with Crippen LogP contribution in [0, 0.1) is 6.92 Å². The summed E-state index contributed by atoms with van der Waals surface area (Å²) in [5.74, 6) is 0.702. The second-order valence-electron chi connectivity index (χ2n) is 5.75. The van der Waals surface area contributed by atoms with Gasteiger partial charge in [0, 0.05) is 23.9 Å². The Hall–Kier alpha value is -2.12. The van der Waals surface area contributed by atoms with E-state index in [9.17, 15) is 13.9 Å². The molecule has 0 bridgehead atoms. The molecule has 5 nitrogen and oxygen atoms in total. The number of nitrogens with zero attached hydrogens (tertiary/aromatic N) is 2. The molecule has 1 atom stereocenters. The van der Waals surface area contributed by atoms with E-state index in [0.29, 0.717) is 11.5 Å². The van der Waals surface area contributed by atoms with Crippen LogP contribution in [-0.2, 0) is 6.42 Å². The number of hydrogen-bond acceptors (Lipinski definition) is 5. The van der Waals surface area contributed by atoms with E-state index in [0.717, 1.165) is 5.56 Å². The Kier molecular flexibility index (Phi) is 5.23. The number of aliphatic hydroxyl groups excluding tert-OH is 1. The Bertz CT molecular complexity index is 678. The molecule has 0 saturated heterocycles. The van der Waals surface area contributed by atoms with Crippen LogP contribution in [0.3, 0.4) is 0 Å². The molecule has 0 saturated carbocycles. The zero-order valence-corrected chi connectivity index (χ0v) is 12.9. The van der Waals surface area contributed by atoms with Gasteiger partial charge in [-0.25, -0.2) is 18.7 Å². The van der Waals surface area contributed by atoms with Crippen molar-refractivity contribution >= 4 is 11.6 Å². The van der Waals surface area contributed by atoms with Crippen molar-refractivity contribution in [3.8, 4) is 0 Å². The van der Waals surface area contributed by atoms with Crippen molar-refractivity contribution in [3.63, 3.8) is 0 Å². The number of aryl methyl sites for hydroxylation is 1. The second kappa shape index (κ2) is 6.97. The molecule has 0 aromatic carbocycles. The van der Waals surface area contributed by atoms with E-state index >= 15 is 0 Å². The summed E-state index contributed by atoms with van der Waals surface area (Å²) in [6, 6.07) is 6.05. The van der Waals surface area contributed by atoms with Gasteiger partial charge in [0.1, 0.15) is 11.6 Å². The Morgan fingerprint density at radius 1 is 1.26 bits per heavy atom. The van der Waals surface area contributed by atoms with Gasteiger partial charge in [-0.3, -0.25) is 0 Å². The van der Waals surface area contributed by atoms with Crippen LogP contribution >= 0.6 is 0 Å². The van der Waals surface area contributed by atoms with Gasteiger partial charge in [0.15, 0.2) is 0 Å². The molecule has 0 fully saturated rings. The summed E-state index contributed by atoms with van der Waals surface area (Å²) in [7, 11) is 0. The van der Waals surface area contributed by atoms with Crippen molar-refractivity contribution in [1.82, 2.24) is 9.97 Å². The third-order valence-electron chi connectivity index (χ3n) is 3.22. The lowest BCUT2D eigenvalue weighted by Gasteiger charge is -2.20. The maximum absolute atomic E-state index is 12.7. The monoisotopic (exact) mass is 323 g/mol. The number of aromatic nitrogens is 2. The normalized spacial score (nSPS) is 13.9. The molecule has 2 heterocycles. The van der Waals surface area contributed by atoms with Crippen LogP contribution in [0.4, 0.5) is 20.4 Å². The maximum atomic E-state index is 12.7. The second-order valence-corrected chi connectivity index (χ2v) is 5.75. The predicted molar refractivity (Wildman–Crippen MR) is 82.9 cm³/mol. The first kappa shape index (κ1) is 17.2. The van der Waals surface area contributed by atoms with Crippen LogP contribution in [0.2, 0.25) is 0 Å². The van der Waals surface area contributed by atoms with E-state index < -0.39 is 12.0 Å². The molecule has 0 radical (unpaired) electrons. The van der Waals surface area contributed by atoms with Crippen molar-refractivity contribution in [3.05, 3.63) is 47.3 Å². The lowest BCUT2D eigenvalue weighted by molar-refractivity contribution is 0.00161. The van der Waals surface area contributed by atoms with Crippen LogP contribution in [0.15, 0.2) is 30.5 Å². The van der Waals surface area contributed by atoms with E-state index in [-0.39, 0.29) is 24.4 Å². The molecule has 2 aromatic rings. The summed E-state index contributed by atoms with van der Waals surface area (Å²) in [4.78, 5) is 8.32. The van der Waals surface area contributed by atoms with Crippen LogP contribution in [0.25, 0.3) is 0 Å². The Balaban J connectivity index is 2.23. The van der Waals surface area contributed by atoms with Crippen LogP contribution < -0.4 is 5.32 Å². The lowest BCUT2D eigenvalue weighted by Crippen LogP contribution is -2.32. The average Bonchev–Trinajstić information content (AvgIpc) is 2.46. The van der Waals surface area contributed by atoms with Crippen molar-refractivity contribution in [2.45, 2.75) is 32.3 Å². The topological polar surface area (TPSA) is 78.3 Å². The highest BCUT2D eigenvalue weighted by Crippen LogP contribution is 2.23. The highest BCUT2D eigenvalue weighted by atomic mass is 19.3. The molecule has 0 aliphatic heterocycles. The molecule has 0 spiro atoms. The zero-order valence-electron chi connectivity index (χ0n) is 12.9. The van der Waals surface area contributed by atoms with Crippen molar-refractivity contribution in [2.75, 3.05) is 11.9 Å². The highest BCUT2D eigenvalue weighted by Gasteiger charge is 2.20. The number of alkyl halides is 2. The zero-order chi connectivity index (χ0) is 17.0. The van der Waals surface area contributed by atoms with Gasteiger partial charge in [0.25, 0.3) is 6.43 Å². The van der Waals surface area contributed by atoms with E-state index in [1.807, 2.05) is 6.92 Å². The molecule has 7 heteroatoms. The summed E-state index contributed by atoms with van der Waals surface area (Å²) in [6.07, 6.45) is -1.10. The smallest absolute Gasteiger partial charge is 0.264 e. The van der Waals surface area contributed by atoms with Gasteiger partial charge < -0.3 is 15.5 Å². The van der Waals surface area contributed by atoms with Crippen molar-refractivity contribution < 1.29 is 19.0 Å². The third-order valence-corrected chi connectivity index (χ3v) is 3.22. The van der Waals surface area contributed by atoms with Gasteiger partial charge in [-0.2, -0.15) is 0 Å². The molecule has 0 aliphatic carbocycles. The van der Waals surface area contributed by atoms with Gasteiger partial charge in [-0.15, -0.1) is 0 Å². The van der Waals surface area contributed by atoms with Crippen molar-refractivity contribution in [2.24, 2.45) is 0 Å². The minimum atomic E-state index is -2.57. The average molecular weight is 323 g/mol. The number of pyridine rings is 2. The first-order chi connectivity index (χ1) is 10.8. The van der Waals surface area contributed by atoms with Gasteiger partial charge in [-0.1, -0.05) is 0 Å². The summed E-state index contributed by atoms with van der Waals surface area (Å²) < 4.78 is 25.4. The van der Waals surface area contributed by atoms with Gasteiger partial charge >= 0.3 is 0 Å². The van der Waals surface area contributed by atoms with Crippen LogP contribution in [0.5, 0.6) is 0 Å². The number of aliphatic hydroxyl groups is 2. The lowest BCUT2D eigenvalue weighted by atomic mass is 10.0. The summed E-state index contributed by atoms with van der Waals surface area (Å²) in [6.45, 7) is 2.98. The highest BCUT2D eigenvalue weighted by molar-refractivity contribution is 5.53. The van der Waals surface area contributed by atoms with Gasteiger partial charge in [0.05, 0.1) is 12.2 Å². The molecule has 0 unspecified atom stereocenters. The molecule has 23 heavy (non-hydrogen) atoms. The van der Waals surface area contributed by atoms with Gasteiger partial charge in [-0.05, 0) is 43.7 Å². The minimum Gasteiger partial charge on any atom is -0.393 e. The summed E-state index contributed by atoms with van der Waals surface area (Å²) >= 11 is 0.